The highest BCUT2D eigenvalue weighted by Gasteiger charge is 2.17. The Bertz CT molecular complexity index is 220. The number of hydrogen-bond donors (Lipinski definition) is 0. The molecular formula is C7H9NO3. The zero-order valence-electron chi connectivity index (χ0n) is 6.08. The Labute approximate surface area is 64.0 Å². The number of allylic oxidation sites excluding steroid dienone is 1. The van der Waals surface area contributed by atoms with Gasteiger partial charge in [0.25, 0.3) is 0 Å². The predicted molar refractivity (Wildman–Crippen MR) is 38.8 cm³/mol. The van der Waals surface area contributed by atoms with Crippen LogP contribution >= 0.6 is 0 Å². The standard InChI is InChI=1S/C7H9NO3/c9-7-4-2-1-3-6(7)5-8(10)11/h3H,1-2,4-5H2. The fraction of sp³-hybridized carbons (Fsp3) is 0.571. The molecule has 0 unspecified atom stereocenters. The van der Waals surface area contributed by atoms with E-state index in [-0.39, 0.29) is 12.3 Å². The summed E-state index contributed by atoms with van der Waals surface area (Å²) in [6.45, 7) is -0.307. The van der Waals surface area contributed by atoms with Crippen molar-refractivity contribution in [3.05, 3.63) is 21.8 Å². The summed E-state index contributed by atoms with van der Waals surface area (Å²) < 4.78 is 0. The van der Waals surface area contributed by atoms with Crippen LogP contribution in [0.5, 0.6) is 0 Å². The molecule has 0 fully saturated rings. The Morgan fingerprint density at radius 3 is 2.91 bits per heavy atom. The number of nitro groups is 1. The summed E-state index contributed by atoms with van der Waals surface area (Å²) in [7, 11) is 0. The van der Waals surface area contributed by atoms with Gasteiger partial charge in [-0.1, -0.05) is 6.08 Å². The molecule has 60 valence electrons. The van der Waals surface area contributed by atoms with E-state index >= 15 is 0 Å². The van der Waals surface area contributed by atoms with E-state index < -0.39 is 4.92 Å². The first kappa shape index (κ1) is 7.91. The van der Waals surface area contributed by atoms with E-state index in [1.807, 2.05) is 0 Å². The lowest BCUT2D eigenvalue weighted by atomic mass is 9.98. The van der Waals surface area contributed by atoms with Gasteiger partial charge in [0.1, 0.15) is 0 Å². The summed E-state index contributed by atoms with van der Waals surface area (Å²) in [4.78, 5) is 20.5. The second-order valence-corrected chi connectivity index (χ2v) is 2.54. The molecule has 0 bridgehead atoms. The quantitative estimate of drug-likeness (QED) is 0.440. The Hall–Kier alpha value is -1.19. The first-order valence-electron chi connectivity index (χ1n) is 3.54. The molecule has 1 aliphatic rings. The Balaban J connectivity index is 2.61. The van der Waals surface area contributed by atoms with Crippen LogP contribution in [-0.4, -0.2) is 17.3 Å². The van der Waals surface area contributed by atoms with Gasteiger partial charge >= 0.3 is 0 Å². The van der Waals surface area contributed by atoms with Crippen molar-refractivity contribution >= 4 is 5.78 Å². The number of carbonyl (C=O) groups is 1. The molecule has 0 atom stereocenters. The molecule has 0 amide bonds. The minimum atomic E-state index is -0.463. The van der Waals surface area contributed by atoms with Gasteiger partial charge in [0, 0.05) is 11.3 Å². The van der Waals surface area contributed by atoms with Gasteiger partial charge in [0.15, 0.2) is 5.78 Å². The number of nitrogens with zero attached hydrogens (tertiary/aromatic N) is 1. The van der Waals surface area contributed by atoms with Gasteiger partial charge in [0.05, 0.1) is 5.57 Å². The van der Waals surface area contributed by atoms with Crippen molar-refractivity contribution in [3.8, 4) is 0 Å². The summed E-state index contributed by atoms with van der Waals surface area (Å²) in [6.07, 6.45) is 3.78. The number of hydrogen-bond acceptors (Lipinski definition) is 3. The molecule has 0 saturated heterocycles. The number of carbonyl (C=O) groups excluding carboxylic acids is 1. The smallest absolute Gasteiger partial charge is 0.232 e. The molecule has 0 spiro atoms. The van der Waals surface area contributed by atoms with E-state index in [2.05, 4.69) is 0 Å². The topological polar surface area (TPSA) is 60.2 Å². The van der Waals surface area contributed by atoms with E-state index in [4.69, 9.17) is 0 Å². The van der Waals surface area contributed by atoms with Crippen LogP contribution in [0.25, 0.3) is 0 Å². The molecule has 1 rings (SSSR count). The molecule has 4 heteroatoms. The molecule has 0 aromatic rings. The van der Waals surface area contributed by atoms with E-state index in [1.165, 1.54) is 0 Å². The Morgan fingerprint density at radius 1 is 1.64 bits per heavy atom. The molecule has 0 heterocycles. The molecule has 0 aromatic heterocycles. The maximum atomic E-state index is 11.0. The van der Waals surface area contributed by atoms with Crippen molar-refractivity contribution in [2.45, 2.75) is 19.3 Å². The molecule has 0 radical (unpaired) electrons. The minimum Gasteiger partial charge on any atom is -0.294 e. The van der Waals surface area contributed by atoms with Crippen LogP contribution in [0, 0.1) is 10.1 Å². The fourth-order valence-corrected chi connectivity index (χ4v) is 1.11. The summed E-state index contributed by atoms with van der Waals surface area (Å²) in [5.74, 6) is -0.0621. The van der Waals surface area contributed by atoms with Gasteiger partial charge in [-0.2, -0.15) is 0 Å². The lowest BCUT2D eigenvalue weighted by molar-refractivity contribution is -0.470. The molecule has 11 heavy (non-hydrogen) atoms. The third-order valence-electron chi connectivity index (χ3n) is 1.66. The van der Waals surface area contributed by atoms with Crippen molar-refractivity contribution in [1.29, 1.82) is 0 Å². The van der Waals surface area contributed by atoms with E-state index in [9.17, 15) is 14.9 Å². The maximum Gasteiger partial charge on any atom is 0.232 e. The van der Waals surface area contributed by atoms with Crippen LogP contribution in [0.1, 0.15) is 19.3 Å². The predicted octanol–water partition coefficient (Wildman–Crippen LogP) is 0.943. The molecule has 4 nitrogen and oxygen atoms in total. The van der Waals surface area contributed by atoms with Crippen LogP contribution in [-0.2, 0) is 4.79 Å². The molecule has 0 saturated carbocycles. The molecule has 0 aliphatic heterocycles. The van der Waals surface area contributed by atoms with Gasteiger partial charge in [-0.25, -0.2) is 0 Å². The number of Topliss-reactive ketones (excluding diaryl/α,β-unsaturated/α-hetero) is 1. The minimum absolute atomic E-state index is 0.0621. The lowest BCUT2D eigenvalue weighted by Gasteiger charge is -2.06. The fourth-order valence-electron chi connectivity index (χ4n) is 1.11. The van der Waals surface area contributed by atoms with Gasteiger partial charge in [-0.15, -0.1) is 0 Å². The highest BCUT2D eigenvalue weighted by molar-refractivity contribution is 5.96. The van der Waals surface area contributed by atoms with E-state index in [1.54, 1.807) is 6.08 Å². The van der Waals surface area contributed by atoms with Crippen molar-refractivity contribution in [3.63, 3.8) is 0 Å². The second kappa shape index (κ2) is 3.27. The van der Waals surface area contributed by atoms with Gasteiger partial charge in [-0.05, 0) is 12.8 Å². The monoisotopic (exact) mass is 155 g/mol. The lowest BCUT2D eigenvalue weighted by Crippen LogP contribution is -2.15. The van der Waals surface area contributed by atoms with Crippen LogP contribution in [0.3, 0.4) is 0 Å². The van der Waals surface area contributed by atoms with Crippen molar-refractivity contribution in [2.75, 3.05) is 6.54 Å². The van der Waals surface area contributed by atoms with E-state index in [0.29, 0.717) is 12.0 Å². The van der Waals surface area contributed by atoms with Crippen LogP contribution in [0.4, 0.5) is 0 Å². The highest BCUT2D eigenvalue weighted by Crippen LogP contribution is 2.13. The normalized spacial score (nSPS) is 17.8. The zero-order valence-corrected chi connectivity index (χ0v) is 6.08. The number of rotatable bonds is 2. The summed E-state index contributed by atoms with van der Waals surface area (Å²) in [6, 6.07) is 0. The summed E-state index contributed by atoms with van der Waals surface area (Å²) >= 11 is 0. The molecule has 0 aromatic carbocycles. The zero-order chi connectivity index (χ0) is 8.27. The summed E-state index contributed by atoms with van der Waals surface area (Å²) in [5.41, 5.74) is 0.376. The number of ketones is 1. The first-order valence-corrected chi connectivity index (χ1v) is 3.54. The molecule has 0 N–H and O–H groups in total. The van der Waals surface area contributed by atoms with Crippen molar-refractivity contribution < 1.29 is 9.72 Å². The van der Waals surface area contributed by atoms with Gasteiger partial charge < -0.3 is 0 Å². The van der Waals surface area contributed by atoms with Crippen LogP contribution in [0.2, 0.25) is 0 Å². The van der Waals surface area contributed by atoms with Crippen molar-refractivity contribution in [1.82, 2.24) is 0 Å². The average Bonchev–Trinajstić information content (AvgIpc) is 1.93. The third kappa shape index (κ3) is 2.14. The van der Waals surface area contributed by atoms with Crippen molar-refractivity contribution in [2.24, 2.45) is 0 Å². The molecule has 1 aliphatic carbocycles. The van der Waals surface area contributed by atoms with Crippen LogP contribution < -0.4 is 0 Å². The highest BCUT2D eigenvalue weighted by atomic mass is 16.6. The largest absolute Gasteiger partial charge is 0.294 e. The Morgan fingerprint density at radius 2 is 2.36 bits per heavy atom. The maximum absolute atomic E-state index is 11.0. The Kier molecular flexibility index (Phi) is 2.36. The molecular weight excluding hydrogens is 146 g/mol. The average molecular weight is 155 g/mol. The van der Waals surface area contributed by atoms with E-state index in [0.717, 1.165) is 12.8 Å². The summed E-state index contributed by atoms with van der Waals surface area (Å²) in [5, 5.41) is 10.0. The van der Waals surface area contributed by atoms with Crippen LogP contribution in [0.15, 0.2) is 11.6 Å². The van der Waals surface area contributed by atoms with Gasteiger partial charge in [0.2, 0.25) is 6.54 Å². The second-order valence-electron chi connectivity index (χ2n) is 2.54. The third-order valence-corrected chi connectivity index (χ3v) is 1.66. The first-order chi connectivity index (χ1) is 5.20. The SMILES string of the molecule is O=C1CCCC=C1C[N+](=O)[O-]. The van der Waals surface area contributed by atoms with Gasteiger partial charge in [-0.3, -0.25) is 14.9 Å².